The molecule has 256 valence electrons. The number of rotatable bonds is 19. The summed E-state index contributed by atoms with van der Waals surface area (Å²) in [4.78, 5) is 86.4. The third-order valence-electron chi connectivity index (χ3n) is 6.64. The standard InChI is InChI=1S/C29H41Cl2N5O10/c1-13(2)9-19(34-28(44)24(14(3)4)36-25(41)18(32)7-8-22(37)38)26(42)33-20(11-15-5-6-16(30)17(31)10-15)27(43)35-21(29(45)46)12-23(39)40/h5-6,10,13-14,18-21,24H,7-9,11-12,32H2,1-4H3,(H,33,42)(H,34,44)(H,35,43)(H,36,41)(H,37,38)(H,39,40)(H,45,46)/t18-,19-,20-,21-,24-/m0/s1. The highest BCUT2D eigenvalue weighted by molar-refractivity contribution is 6.42. The first-order valence-corrected chi connectivity index (χ1v) is 15.1. The van der Waals surface area contributed by atoms with Crippen LogP contribution in [0.1, 0.15) is 58.9 Å². The lowest BCUT2D eigenvalue weighted by atomic mass is 9.98. The fourth-order valence-corrected chi connectivity index (χ4v) is 4.52. The molecule has 0 unspecified atom stereocenters. The van der Waals surface area contributed by atoms with Gasteiger partial charge in [-0.1, -0.05) is 57.0 Å². The van der Waals surface area contributed by atoms with Crippen molar-refractivity contribution < 1.29 is 48.9 Å². The van der Waals surface area contributed by atoms with Crippen LogP contribution in [0.2, 0.25) is 10.0 Å². The van der Waals surface area contributed by atoms with E-state index in [9.17, 15) is 38.7 Å². The van der Waals surface area contributed by atoms with Crippen LogP contribution in [-0.2, 0) is 40.0 Å². The molecule has 1 aromatic rings. The SMILES string of the molecule is CC(C)C[C@H](NC(=O)[C@@H](NC(=O)[C@@H](N)CCC(=O)O)C(C)C)C(=O)N[C@@H](Cc1ccc(Cl)c(Cl)c1)C(=O)N[C@@H](CC(=O)O)C(=O)O. The Labute approximate surface area is 275 Å². The van der Waals surface area contributed by atoms with E-state index in [0.29, 0.717) is 5.56 Å². The van der Waals surface area contributed by atoms with E-state index in [1.54, 1.807) is 27.7 Å². The van der Waals surface area contributed by atoms with Crippen molar-refractivity contribution >= 4 is 64.7 Å². The normalized spacial score (nSPS) is 14.4. The minimum absolute atomic E-state index is 0.0896. The number of carboxylic acids is 3. The van der Waals surface area contributed by atoms with E-state index in [2.05, 4.69) is 21.3 Å². The predicted molar refractivity (Wildman–Crippen MR) is 167 cm³/mol. The number of carboxylic acid groups (broad SMARTS) is 3. The molecule has 1 aromatic carbocycles. The van der Waals surface area contributed by atoms with Gasteiger partial charge in [0.15, 0.2) is 0 Å². The van der Waals surface area contributed by atoms with Crippen LogP contribution in [0.5, 0.6) is 0 Å². The van der Waals surface area contributed by atoms with Gasteiger partial charge in [-0.25, -0.2) is 4.79 Å². The number of halogens is 2. The Bertz CT molecular complexity index is 1290. The summed E-state index contributed by atoms with van der Waals surface area (Å²) >= 11 is 12.1. The van der Waals surface area contributed by atoms with E-state index in [1.165, 1.54) is 18.2 Å². The topological polar surface area (TPSA) is 254 Å². The molecule has 0 saturated carbocycles. The van der Waals surface area contributed by atoms with Crippen molar-refractivity contribution in [3.8, 4) is 0 Å². The average molecular weight is 691 g/mol. The number of hydrogen-bond acceptors (Lipinski definition) is 8. The van der Waals surface area contributed by atoms with Crippen LogP contribution in [0, 0.1) is 11.8 Å². The van der Waals surface area contributed by atoms with Gasteiger partial charge in [0.2, 0.25) is 23.6 Å². The molecule has 0 fully saturated rings. The number of nitrogens with one attached hydrogen (secondary N) is 4. The van der Waals surface area contributed by atoms with Crippen molar-refractivity contribution in [2.75, 3.05) is 0 Å². The summed E-state index contributed by atoms with van der Waals surface area (Å²) in [7, 11) is 0. The van der Waals surface area contributed by atoms with Gasteiger partial charge in [0, 0.05) is 12.8 Å². The van der Waals surface area contributed by atoms with E-state index in [0.717, 1.165) is 0 Å². The monoisotopic (exact) mass is 689 g/mol. The van der Waals surface area contributed by atoms with Gasteiger partial charge < -0.3 is 42.3 Å². The van der Waals surface area contributed by atoms with Crippen molar-refractivity contribution in [1.29, 1.82) is 0 Å². The first-order chi connectivity index (χ1) is 21.3. The summed E-state index contributed by atoms with van der Waals surface area (Å²) in [6, 6.07) is -2.42. The molecule has 0 radical (unpaired) electrons. The smallest absolute Gasteiger partial charge is 0.326 e. The van der Waals surface area contributed by atoms with E-state index in [1.807, 2.05) is 0 Å². The minimum Gasteiger partial charge on any atom is -0.481 e. The number of carbonyl (C=O) groups is 7. The molecule has 0 aromatic heterocycles. The van der Waals surface area contributed by atoms with Gasteiger partial charge in [0.1, 0.15) is 24.2 Å². The maximum absolute atomic E-state index is 13.6. The highest BCUT2D eigenvalue weighted by atomic mass is 35.5. The molecule has 46 heavy (non-hydrogen) atoms. The molecule has 0 heterocycles. The first kappa shape index (κ1) is 40.1. The molecule has 5 atom stereocenters. The van der Waals surface area contributed by atoms with Crippen molar-refractivity contribution in [2.45, 2.75) is 90.0 Å². The Morgan fingerprint density at radius 2 is 1.30 bits per heavy atom. The van der Waals surface area contributed by atoms with Crippen LogP contribution >= 0.6 is 23.2 Å². The predicted octanol–water partition coefficient (Wildman–Crippen LogP) is 0.929. The molecule has 0 aliphatic carbocycles. The maximum atomic E-state index is 13.6. The Kier molecular flexibility index (Phi) is 16.5. The number of benzene rings is 1. The molecule has 0 aliphatic heterocycles. The second kappa shape index (κ2) is 18.9. The summed E-state index contributed by atoms with van der Waals surface area (Å²) < 4.78 is 0. The Morgan fingerprint density at radius 1 is 0.739 bits per heavy atom. The third kappa shape index (κ3) is 14.0. The second-order valence-electron chi connectivity index (χ2n) is 11.5. The van der Waals surface area contributed by atoms with Gasteiger partial charge in [-0.2, -0.15) is 0 Å². The molecular formula is C29H41Cl2N5O10. The highest BCUT2D eigenvalue weighted by Crippen LogP contribution is 2.23. The van der Waals surface area contributed by atoms with Crippen LogP contribution in [0.25, 0.3) is 0 Å². The molecular weight excluding hydrogens is 649 g/mol. The molecule has 0 bridgehead atoms. The fraction of sp³-hybridized carbons (Fsp3) is 0.552. The highest BCUT2D eigenvalue weighted by Gasteiger charge is 2.33. The molecule has 0 aliphatic rings. The Morgan fingerprint density at radius 3 is 1.80 bits per heavy atom. The zero-order chi connectivity index (χ0) is 35.3. The number of carbonyl (C=O) groups excluding carboxylic acids is 4. The average Bonchev–Trinajstić information content (AvgIpc) is 2.94. The maximum Gasteiger partial charge on any atom is 0.326 e. The van der Waals surface area contributed by atoms with Gasteiger partial charge >= 0.3 is 17.9 Å². The summed E-state index contributed by atoms with van der Waals surface area (Å²) in [5.74, 6) is -8.19. The van der Waals surface area contributed by atoms with E-state index >= 15 is 0 Å². The number of amides is 4. The van der Waals surface area contributed by atoms with Gasteiger partial charge in [-0.05, 0) is 42.4 Å². The van der Waals surface area contributed by atoms with Crippen LogP contribution in [-0.4, -0.2) is 87.1 Å². The molecule has 4 amide bonds. The fourth-order valence-electron chi connectivity index (χ4n) is 4.20. The van der Waals surface area contributed by atoms with Crippen molar-refractivity contribution in [3.63, 3.8) is 0 Å². The second-order valence-corrected chi connectivity index (χ2v) is 12.3. The van der Waals surface area contributed by atoms with Crippen molar-refractivity contribution in [3.05, 3.63) is 33.8 Å². The lowest BCUT2D eigenvalue weighted by Gasteiger charge is -2.28. The first-order valence-electron chi connectivity index (χ1n) is 14.4. The molecule has 0 saturated heterocycles. The summed E-state index contributed by atoms with van der Waals surface area (Å²) in [6.07, 6.45) is -1.57. The van der Waals surface area contributed by atoms with E-state index in [-0.39, 0.29) is 41.6 Å². The largest absolute Gasteiger partial charge is 0.481 e. The van der Waals surface area contributed by atoms with Crippen LogP contribution < -0.4 is 27.0 Å². The van der Waals surface area contributed by atoms with Crippen molar-refractivity contribution in [2.24, 2.45) is 17.6 Å². The summed E-state index contributed by atoms with van der Waals surface area (Å²) in [5, 5.41) is 37.4. The molecule has 0 spiro atoms. The van der Waals surface area contributed by atoms with Crippen LogP contribution in [0.3, 0.4) is 0 Å². The molecule has 17 heteroatoms. The zero-order valence-electron chi connectivity index (χ0n) is 25.8. The summed E-state index contributed by atoms with van der Waals surface area (Å²) in [6.45, 7) is 6.83. The van der Waals surface area contributed by atoms with Gasteiger partial charge in [-0.15, -0.1) is 0 Å². The quantitative estimate of drug-likeness (QED) is 0.101. The van der Waals surface area contributed by atoms with E-state index in [4.69, 9.17) is 39.1 Å². The Hall–Kier alpha value is -3.95. The van der Waals surface area contributed by atoms with Crippen molar-refractivity contribution in [1.82, 2.24) is 21.3 Å². The van der Waals surface area contributed by atoms with E-state index < -0.39 is 84.1 Å². The van der Waals surface area contributed by atoms with Gasteiger partial charge in [-0.3, -0.25) is 28.8 Å². The molecule has 1 rings (SSSR count). The molecule has 15 nitrogen and oxygen atoms in total. The number of nitrogens with two attached hydrogens (primary N) is 1. The third-order valence-corrected chi connectivity index (χ3v) is 7.38. The number of aliphatic carboxylic acids is 3. The number of hydrogen-bond donors (Lipinski definition) is 8. The lowest BCUT2D eigenvalue weighted by Crippen LogP contribution is -2.60. The van der Waals surface area contributed by atoms with Gasteiger partial charge in [0.05, 0.1) is 22.5 Å². The zero-order valence-corrected chi connectivity index (χ0v) is 27.4. The lowest BCUT2D eigenvalue weighted by molar-refractivity contribution is -0.147. The molecule has 9 N–H and O–H groups in total. The summed E-state index contributed by atoms with van der Waals surface area (Å²) in [5.41, 5.74) is 6.20. The van der Waals surface area contributed by atoms with Crippen LogP contribution in [0.4, 0.5) is 0 Å². The minimum atomic E-state index is -1.80. The van der Waals surface area contributed by atoms with Crippen LogP contribution in [0.15, 0.2) is 18.2 Å². The van der Waals surface area contributed by atoms with Gasteiger partial charge in [0.25, 0.3) is 0 Å². The Balaban J connectivity index is 3.29.